The van der Waals surface area contributed by atoms with Gasteiger partial charge in [0.1, 0.15) is 5.82 Å². The van der Waals surface area contributed by atoms with E-state index >= 15 is 0 Å². The first-order valence-corrected chi connectivity index (χ1v) is 6.66. The number of nitrogens with one attached hydrogen (secondary N) is 1. The molecule has 0 aliphatic heterocycles. The van der Waals surface area contributed by atoms with Crippen LogP contribution < -0.4 is 11.1 Å². The molecule has 0 aliphatic rings. The van der Waals surface area contributed by atoms with Crippen molar-refractivity contribution in [1.29, 1.82) is 0 Å². The van der Waals surface area contributed by atoms with Gasteiger partial charge in [0.25, 0.3) is 5.91 Å². The molecule has 4 N–H and O–H groups in total. The molecule has 0 heterocycles. The number of carbonyl (C=O) groups excluding carboxylic acids is 1. The Bertz CT molecular complexity index is 538. The van der Waals surface area contributed by atoms with Crippen molar-refractivity contribution in [3.8, 4) is 0 Å². The maximum atomic E-state index is 13.6. The summed E-state index contributed by atoms with van der Waals surface area (Å²) in [6.45, 7) is 5.72. The molecule has 1 aromatic carbocycles. The monoisotopic (exact) mass is 296 g/mol. The van der Waals surface area contributed by atoms with Crippen molar-refractivity contribution in [2.75, 3.05) is 12.3 Å². The quantitative estimate of drug-likeness (QED) is 0.727. The SMILES string of the molecule is CC(C)(C)CC(CNC(=O)c1ccc(N)cc1F)C(=O)O. The third kappa shape index (κ3) is 5.41. The third-order valence-corrected chi connectivity index (χ3v) is 2.95. The van der Waals surface area contributed by atoms with Crippen molar-refractivity contribution in [2.24, 2.45) is 11.3 Å². The first kappa shape index (κ1) is 16.9. The van der Waals surface area contributed by atoms with Gasteiger partial charge in [-0.1, -0.05) is 20.8 Å². The van der Waals surface area contributed by atoms with Gasteiger partial charge < -0.3 is 16.2 Å². The molecule has 0 bridgehead atoms. The van der Waals surface area contributed by atoms with Gasteiger partial charge in [-0.15, -0.1) is 0 Å². The summed E-state index contributed by atoms with van der Waals surface area (Å²) < 4.78 is 13.6. The summed E-state index contributed by atoms with van der Waals surface area (Å²) in [7, 11) is 0. The van der Waals surface area contributed by atoms with E-state index in [0.29, 0.717) is 6.42 Å². The topological polar surface area (TPSA) is 92.4 Å². The summed E-state index contributed by atoms with van der Waals surface area (Å²) in [5.41, 5.74) is 5.30. The molecule has 116 valence electrons. The second-order valence-electron chi connectivity index (χ2n) is 6.25. The zero-order valence-electron chi connectivity index (χ0n) is 12.4. The van der Waals surface area contributed by atoms with E-state index in [-0.39, 0.29) is 23.2 Å². The molecular weight excluding hydrogens is 275 g/mol. The van der Waals surface area contributed by atoms with Gasteiger partial charge in [-0.3, -0.25) is 9.59 Å². The number of benzene rings is 1. The van der Waals surface area contributed by atoms with Gasteiger partial charge in [0, 0.05) is 12.2 Å². The lowest BCUT2D eigenvalue weighted by atomic mass is 9.84. The second-order valence-corrected chi connectivity index (χ2v) is 6.25. The number of carboxylic acids is 1. The number of carboxylic acid groups (broad SMARTS) is 1. The molecule has 0 saturated heterocycles. The van der Waals surface area contributed by atoms with Crippen LogP contribution in [0, 0.1) is 17.2 Å². The highest BCUT2D eigenvalue weighted by atomic mass is 19.1. The molecule has 0 saturated carbocycles. The highest BCUT2D eigenvalue weighted by Crippen LogP contribution is 2.24. The number of nitrogen functional groups attached to an aromatic ring is 1. The molecule has 1 rings (SSSR count). The molecule has 5 nitrogen and oxygen atoms in total. The van der Waals surface area contributed by atoms with E-state index in [0.717, 1.165) is 6.07 Å². The standard InChI is InChI=1S/C15H21FN2O3/c1-15(2,3)7-9(14(20)21)8-18-13(19)11-5-4-10(17)6-12(11)16/h4-6,9H,7-8,17H2,1-3H3,(H,18,19)(H,20,21). The number of nitrogens with two attached hydrogens (primary N) is 1. The van der Waals surface area contributed by atoms with Crippen molar-refractivity contribution < 1.29 is 19.1 Å². The Morgan fingerprint density at radius 2 is 2.00 bits per heavy atom. The number of hydrogen-bond donors (Lipinski definition) is 3. The Labute approximate surface area is 123 Å². The molecule has 21 heavy (non-hydrogen) atoms. The highest BCUT2D eigenvalue weighted by Gasteiger charge is 2.25. The van der Waals surface area contributed by atoms with Crippen LogP contribution in [-0.2, 0) is 4.79 Å². The summed E-state index contributed by atoms with van der Waals surface area (Å²) >= 11 is 0. The number of aliphatic carboxylic acids is 1. The molecular formula is C15H21FN2O3. The average Bonchev–Trinajstić information content (AvgIpc) is 2.32. The van der Waals surface area contributed by atoms with Crippen LogP contribution in [0.5, 0.6) is 0 Å². The lowest BCUT2D eigenvalue weighted by molar-refractivity contribution is -0.142. The molecule has 0 spiro atoms. The van der Waals surface area contributed by atoms with Gasteiger partial charge in [-0.2, -0.15) is 0 Å². The fourth-order valence-corrected chi connectivity index (χ4v) is 2.01. The summed E-state index contributed by atoms with van der Waals surface area (Å²) in [6.07, 6.45) is 0.410. The van der Waals surface area contributed by atoms with Crippen molar-refractivity contribution in [1.82, 2.24) is 5.32 Å². The molecule has 0 radical (unpaired) electrons. The fourth-order valence-electron chi connectivity index (χ4n) is 2.01. The maximum Gasteiger partial charge on any atom is 0.308 e. The van der Waals surface area contributed by atoms with E-state index in [1.807, 2.05) is 20.8 Å². The predicted molar refractivity (Wildman–Crippen MR) is 78.3 cm³/mol. The minimum Gasteiger partial charge on any atom is -0.481 e. The Kier molecular flexibility index (Phi) is 5.29. The lowest BCUT2D eigenvalue weighted by Crippen LogP contribution is -2.35. The van der Waals surface area contributed by atoms with Crippen LogP contribution in [0.1, 0.15) is 37.6 Å². The smallest absolute Gasteiger partial charge is 0.308 e. The Balaban J connectivity index is 2.71. The molecule has 1 unspecified atom stereocenters. The fraction of sp³-hybridized carbons (Fsp3) is 0.467. The summed E-state index contributed by atoms with van der Waals surface area (Å²) in [5.74, 6) is -3.07. The number of amides is 1. The zero-order chi connectivity index (χ0) is 16.2. The average molecular weight is 296 g/mol. The van der Waals surface area contributed by atoms with Crippen molar-refractivity contribution in [3.05, 3.63) is 29.6 Å². The molecule has 0 aliphatic carbocycles. The van der Waals surface area contributed by atoms with Crippen molar-refractivity contribution in [3.63, 3.8) is 0 Å². The van der Waals surface area contributed by atoms with E-state index in [1.54, 1.807) is 0 Å². The minimum absolute atomic E-state index is 0.0464. The summed E-state index contributed by atoms with van der Waals surface area (Å²) in [4.78, 5) is 23.1. The molecule has 0 fully saturated rings. The number of rotatable bonds is 5. The maximum absolute atomic E-state index is 13.6. The molecule has 0 aromatic heterocycles. The van der Waals surface area contributed by atoms with Gasteiger partial charge in [-0.25, -0.2) is 4.39 Å². The van der Waals surface area contributed by atoms with E-state index in [4.69, 9.17) is 10.8 Å². The number of anilines is 1. The van der Waals surface area contributed by atoms with E-state index < -0.39 is 23.6 Å². The lowest BCUT2D eigenvalue weighted by Gasteiger charge is -2.23. The van der Waals surface area contributed by atoms with Gasteiger partial charge >= 0.3 is 5.97 Å². The van der Waals surface area contributed by atoms with Crippen LogP contribution in [0.25, 0.3) is 0 Å². The van der Waals surface area contributed by atoms with Crippen LogP contribution in [0.3, 0.4) is 0 Å². The second kappa shape index (κ2) is 6.56. The molecule has 1 aromatic rings. The van der Waals surface area contributed by atoms with Gasteiger partial charge in [0.15, 0.2) is 0 Å². The summed E-state index contributed by atoms with van der Waals surface area (Å²) in [5, 5.41) is 11.6. The van der Waals surface area contributed by atoms with E-state index in [9.17, 15) is 14.0 Å². The minimum atomic E-state index is -0.983. The van der Waals surface area contributed by atoms with Crippen LogP contribution in [-0.4, -0.2) is 23.5 Å². The van der Waals surface area contributed by atoms with E-state index in [2.05, 4.69) is 5.32 Å². The van der Waals surface area contributed by atoms with E-state index in [1.165, 1.54) is 12.1 Å². The Morgan fingerprint density at radius 1 is 1.38 bits per heavy atom. The zero-order valence-corrected chi connectivity index (χ0v) is 12.4. The molecule has 1 atom stereocenters. The Morgan fingerprint density at radius 3 is 2.48 bits per heavy atom. The van der Waals surface area contributed by atoms with Crippen molar-refractivity contribution in [2.45, 2.75) is 27.2 Å². The van der Waals surface area contributed by atoms with Crippen LogP contribution in [0.2, 0.25) is 0 Å². The van der Waals surface area contributed by atoms with Gasteiger partial charge in [-0.05, 0) is 30.0 Å². The summed E-state index contributed by atoms with van der Waals surface area (Å²) in [6, 6.07) is 3.75. The normalized spacial score (nSPS) is 12.8. The Hall–Kier alpha value is -2.11. The first-order chi connectivity index (χ1) is 9.60. The van der Waals surface area contributed by atoms with Crippen molar-refractivity contribution >= 4 is 17.6 Å². The van der Waals surface area contributed by atoms with Crippen LogP contribution >= 0.6 is 0 Å². The highest BCUT2D eigenvalue weighted by molar-refractivity contribution is 5.95. The largest absolute Gasteiger partial charge is 0.481 e. The molecule has 1 amide bonds. The third-order valence-electron chi connectivity index (χ3n) is 2.95. The van der Waals surface area contributed by atoms with Crippen LogP contribution in [0.15, 0.2) is 18.2 Å². The molecule has 6 heteroatoms. The number of hydrogen-bond acceptors (Lipinski definition) is 3. The number of carbonyl (C=O) groups is 2. The predicted octanol–water partition coefficient (Wildman–Crippen LogP) is 2.27. The number of halogens is 1. The van der Waals surface area contributed by atoms with Gasteiger partial charge in [0.05, 0.1) is 11.5 Å². The first-order valence-electron chi connectivity index (χ1n) is 6.66. The van der Waals surface area contributed by atoms with Crippen LogP contribution in [0.4, 0.5) is 10.1 Å². The van der Waals surface area contributed by atoms with Gasteiger partial charge in [0.2, 0.25) is 0 Å².